The highest BCUT2D eigenvalue weighted by Gasteiger charge is 2.19. The van der Waals surface area contributed by atoms with Crippen LogP contribution in [0.2, 0.25) is 0 Å². The molecule has 0 amide bonds. The van der Waals surface area contributed by atoms with Gasteiger partial charge < -0.3 is 9.15 Å². The summed E-state index contributed by atoms with van der Waals surface area (Å²) >= 11 is 0. The summed E-state index contributed by atoms with van der Waals surface area (Å²) < 4.78 is 12.3. The number of fused-ring (bicyclic) bond motifs is 1. The lowest BCUT2D eigenvalue weighted by molar-refractivity contribution is 0.298. The standard InChI is InChI=1S/C26H24O3/c1-16-5-9-20(10-6-16)15-28-26-24(27)23-19(4)13-18(3)14-22(23)29-25(26)21-11-7-17(2)8-12-21/h5-14H,15H2,1-4H3. The van der Waals surface area contributed by atoms with Gasteiger partial charge >= 0.3 is 0 Å². The summed E-state index contributed by atoms with van der Waals surface area (Å²) in [6, 6.07) is 19.9. The Morgan fingerprint density at radius 3 is 2.07 bits per heavy atom. The maximum absolute atomic E-state index is 13.4. The molecule has 0 fully saturated rings. The average Bonchev–Trinajstić information content (AvgIpc) is 2.68. The highest BCUT2D eigenvalue weighted by atomic mass is 16.5. The van der Waals surface area contributed by atoms with Gasteiger partial charge in [0, 0.05) is 5.56 Å². The monoisotopic (exact) mass is 384 g/mol. The van der Waals surface area contributed by atoms with Crippen LogP contribution in [0.1, 0.15) is 27.8 Å². The first kappa shape index (κ1) is 19.0. The van der Waals surface area contributed by atoms with Crippen molar-refractivity contribution in [2.24, 2.45) is 0 Å². The molecular weight excluding hydrogens is 360 g/mol. The first-order chi connectivity index (χ1) is 13.9. The van der Waals surface area contributed by atoms with E-state index in [4.69, 9.17) is 9.15 Å². The largest absolute Gasteiger partial charge is 0.481 e. The highest BCUT2D eigenvalue weighted by molar-refractivity contribution is 5.85. The predicted octanol–water partition coefficient (Wildman–Crippen LogP) is 6.27. The zero-order valence-corrected chi connectivity index (χ0v) is 17.2. The van der Waals surface area contributed by atoms with Gasteiger partial charge in [-0.2, -0.15) is 0 Å². The molecule has 0 saturated carbocycles. The van der Waals surface area contributed by atoms with Crippen molar-refractivity contribution in [2.75, 3.05) is 0 Å². The Morgan fingerprint density at radius 2 is 1.41 bits per heavy atom. The number of ether oxygens (including phenoxy) is 1. The van der Waals surface area contributed by atoms with E-state index in [1.807, 2.05) is 88.4 Å². The highest BCUT2D eigenvalue weighted by Crippen LogP contribution is 2.33. The third kappa shape index (κ3) is 3.81. The molecule has 146 valence electrons. The van der Waals surface area contributed by atoms with Crippen LogP contribution in [0, 0.1) is 27.7 Å². The Balaban J connectivity index is 1.88. The van der Waals surface area contributed by atoms with Crippen LogP contribution in [-0.2, 0) is 6.61 Å². The Labute approximate surface area is 170 Å². The number of hydrogen-bond acceptors (Lipinski definition) is 3. The maximum Gasteiger partial charge on any atom is 0.235 e. The van der Waals surface area contributed by atoms with E-state index < -0.39 is 0 Å². The van der Waals surface area contributed by atoms with Gasteiger partial charge in [-0.15, -0.1) is 0 Å². The summed E-state index contributed by atoms with van der Waals surface area (Å²) in [7, 11) is 0. The molecule has 3 aromatic carbocycles. The molecule has 0 unspecified atom stereocenters. The summed E-state index contributed by atoms with van der Waals surface area (Å²) in [6.45, 7) is 8.31. The molecule has 4 rings (SSSR count). The van der Waals surface area contributed by atoms with Gasteiger partial charge in [-0.05, 0) is 50.5 Å². The molecule has 0 bridgehead atoms. The van der Waals surface area contributed by atoms with E-state index in [9.17, 15) is 4.79 Å². The molecule has 0 aliphatic heterocycles. The lowest BCUT2D eigenvalue weighted by atomic mass is 10.0. The fraction of sp³-hybridized carbons (Fsp3) is 0.192. The van der Waals surface area contributed by atoms with E-state index in [1.54, 1.807) is 0 Å². The van der Waals surface area contributed by atoms with E-state index in [1.165, 1.54) is 5.56 Å². The molecule has 0 saturated heterocycles. The molecule has 0 aliphatic carbocycles. The molecule has 0 N–H and O–H groups in total. The lowest BCUT2D eigenvalue weighted by Crippen LogP contribution is -2.11. The molecule has 3 heteroatoms. The quantitative estimate of drug-likeness (QED) is 0.416. The van der Waals surface area contributed by atoms with Gasteiger partial charge in [0.25, 0.3) is 0 Å². The van der Waals surface area contributed by atoms with Crippen molar-refractivity contribution in [2.45, 2.75) is 34.3 Å². The smallest absolute Gasteiger partial charge is 0.235 e. The van der Waals surface area contributed by atoms with E-state index in [0.29, 0.717) is 23.3 Å². The number of hydrogen-bond donors (Lipinski definition) is 0. The van der Waals surface area contributed by atoms with Crippen LogP contribution in [0.4, 0.5) is 0 Å². The third-order valence-electron chi connectivity index (χ3n) is 5.11. The van der Waals surface area contributed by atoms with Gasteiger partial charge in [0.05, 0.1) is 5.39 Å². The second kappa shape index (κ2) is 7.59. The van der Waals surface area contributed by atoms with Gasteiger partial charge in [-0.25, -0.2) is 0 Å². The fourth-order valence-electron chi connectivity index (χ4n) is 3.54. The van der Waals surface area contributed by atoms with Crippen LogP contribution < -0.4 is 10.2 Å². The number of benzene rings is 3. The maximum atomic E-state index is 13.4. The van der Waals surface area contributed by atoms with Gasteiger partial charge in [-0.3, -0.25) is 4.79 Å². The van der Waals surface area contributed by atoms with E-state index in [0.717, 1.165) is 27.8 Å². The third-order valence-corrected chi connectivity index (χ3v) is 5.11. The molecule has 1 aromatic heterocycles. The minimum atomic E-state index is -0.133. The van der Waals surface area contributed by atoms with Crippen molar-refractivity contribution in [3.05, 3.63) is 98.7 Å². The molecule has 0 radical (unpaired) electrons. The van der Waals surface area contributed by atoms with E-state index in [-0.39, 0.29) is 11.2 Å². The summed E-state index contributed by atoms with van der Waals surface area (Å²) in [4.78, 5) is 13.4. The Bertz CT molecular complexity index is 1230. The van der Waals surface area contributed by atoms with Gasteiger partial charge in [0.15, 0.2) is 5.76 Å². The van der Waals surface area contributed by atoms with Crippen LogP contribution in [0.3, 0.4) is 0 Å². The second-order valence-electron chi connectivity index (χ2n) is 7.68. The van der Waals surface area contributed by atoms with Crippen molar-refractivity contribution in [3.8, 4) is 17.1 Å². The van der Waals surface area contributed by atoms with Crippen LogP contribution in [0.25, 0.3) is 22.3 Å². The molecule has 0 spiro atoms. The van der Waals surface area contributed by atoms with E-state index in [2.05, 4.69) is 0 Å². The normalized spacial score (nSPS) is 11.0. The van der Waals surface area contributed by atoms with Crippen molar-refractivity contribution >= 4 is 11.0 Å². The van der Waals surface area contributed by atoms with Crippen molar-refractivity contribution in [1.29, 1.82) is 0 Å². The Morgan fingerprint density at radius 1 is 0.793 bits per heavy atom. The zero-order chi connectivity index (χ0) is 20.5. The van der Waals surface area contributed by atoms with Gasteiger partial charge in [0.1, 0.15) is 12.2 Å². The van der Waals surface area contributed by atoms with Crippen molar-refractivity contribution < 1.29 is 9.15 Å². The second-order valence-corrected chi connectivity index (χ2v) is 7.68. The minimum absolute atomic E-state index is 0.133. The molecule has 3 nitrogen and oxygen atoms in total. The first-order valence-electron chi connectivity index (χ1n) is 9.76. The summed E-state index contributed by atoms with van der Waals surface area (Å²) in [5.41, 5.74) is 6.57. The van der Waals surface area contributed by atoms with E-state index >= 15 is 0 Å². The number of aryl methyl sites for hydroxylation is 4. The van der Waals surface area contributed by atoms with Crippen LogP contribution >= 0.6 is 0 Å². The first-order valence-corrected chi connectivity index (χ1v) is 9.76. The summed E-state index contributed by atoms with van der Waals surface area (Å²) in [6.07, 6.45) is 0. The molecule has 1 heterocycles. The molecule has 29 heavy (non-hydrogen) atoms. The lowest BCUT2D eigenvalue weighted by Gasteiger charge is -2.13. The zero-order valence-electron chi connectivity index (χ0n) is 17.2. The Hall–Kier alpha value is -3.33. The number of rotatable bonds is 4. The molecule has 4 aromatic rings. The van der Waals surface area contributed by atoms with Crippen molar-refractivity contribution in [1.82, 2.24) is 0 Å². The van der Waals surface area contributed by atoms with Gasteiger partial charge in [0.2, 0.25) is 11.2 Å². The predicted molar refractivity (Wildman–Crippen MR) is 118 cm³/mol. The summed E-state index contributed by atoms with van der Waals surface area (Å²) in [5, 5.41) is 0.574. The minimum Gasteiger partial charge on any atom is -0.481 e. The average molecular weight is 384 g/mol. The van der Waals surface area contributed by atoms with Gasteiger partial charge in [-0.1, -0.05) is 65.7 Å². The van der Waals surface area contributed by atoms with Crippen LogP contribution in [-0.4, -0.2) is 0 Å². The molecule has 0 atom stereocenters. The fourth-order valence-corrected chi connectivity index (χ4v) is 3.54. The molecule has 0 aliphatic rings. The van der Waals surface area contributed by atoms with Crippen molar-refractivity contribution in [3.63, 3.8) is 0 Å². The van der Waals surface area contributed by atoms with Crippen LogP contribution in [0.15, 0.2) is 69.9 Å². The molecular formula is C26H24O3. The summed E-state index contributed by atoms with van der Waals surface area (Å²) in [5.74, 6) is 0.730. The SMILES string of the molecule is Cc1ccc(COc2c(-c3ccc(C)cc3)oc3cc(C)cc(C)c3c2=O)cc1. The van der Waals surface area contributed by atoms with Crippen LogP contribution in [0.5, 0.6) is 5.75 Å². The topological polar surface area (TPSA) is 39.4 Å². The Kier molecular flexibility index (Phi) is 4.98.